The van der Waals surface area contributed by atoms with Crippen molar-refractivity contribution >= 4 is 5.97 Å². The molecule has 0 aliphatic heterocycles. The number of hydrogen-bond acceptors (Lipinski definition) is 3. The summed E-state index contributed by atoms with van der Waals surface area (Å²) < 4.78 is 4.67. The minimum absolute atomic E-state index is 0.165. The summed E-state index contributed by atoms with van der Waals surface area (Å²) in [6.07, 6.45) is 0.403. The summed E-state index contributed by atoms with van der Waals surface area (Å²) in [6.45, 7) is 5.40. The second-order valence-corrected chi connectivity index (χ2v) is 2.83. The highest BCUT2D eigenvalue weighted by Crippen LogP contribution is 2.03. The molecule has 0 saturated heterocycles. The van der Waals surface area contributed by atoms with Crippen LogP contribution in [0.15, 0.2) is 0 Å². The van der Waals surface area contributed by atoms with E-state index in [0.29, 0.717) is 6.42 Å². The third-order valence-electron chi connectivity index (χ3n) is 1.26. The van der Waals surface area contributed by atoms with Crippen LogP contribution in [0.3, 0.4) is 0 Å². The van der Waals surface area contributed by atoms with Gasteiger partial charge in [-0.3, -0.25) is 4.79 Å². The first-order chi connectivity index (χ1) is 5.07. The molecule has 11 heavy (non-hydrogen) atoms. The molecule has 1 N–H and O–H groups in total. The van der Waals surface area contributed by atoms with E-state index in [1.807, 2.05) is 6.92 Å². The van der Waals surface area contributed by atoms with Crippen molar-refractivity contribution in [3.05, 3.63) is 0 Å². The summed E-state index contributed by atoms with van der Waals surface area (Å²) in [6, 6.07) is 0. The van der Waals surface area contributed by atoms with Gasteiger partial charge in [0.25, 0.3) is 0 Å². The van der Waals surface area contributed by atoms with Crippen LogP contribution >= 0.6 is 0 Å². The molecule has 0 saturated carbocycles. The topological polar surface area (TPSA) is 46.5 Å². The lowest BCUT2D eigenvalue weighted by Gasteiger charge is -2.12. The maximum Gasteiger partial charge on any atom is 0.310 e. The molecular weight excluding hydrogens is 144 g/mol. The number of esters is 1. The zero-order chi connectivity index (χ0) is 8.85. The first-order valence-electron chi connectivity index (χ1n) is 3.96. The van der Waals surface area contributed by atoms with Crippen LogP contribution in [-0.4, -0.2) is 17.4 Å². The van der Waals surface area contributed by atoms with E-state index < -0.39 is 6.29 Å². The van der Waals surface area contributed by atoms with Crippen molar-refractivity contribution in [1.82, 2.24) is 0 Å². The van der Waals surface area contributed by atoms with Crippen molar-refractivity contribution in [2.45, 2.75) is 39.9 Å². The molecule has 1 atom stereocenters. The molecule has 3 nitrogen and oxygen atoms in total. The van der Waals surface area contributed by atoms with E-state index in [1.54, 1.807) is 13.8 Å². The average Bonchev–Trinajstić information content (AvgIpc) is 1.87. The Morgan fingerprint density at radius 2 is 2.09 bits per heavy atom. The zero-order valence-electron chi connectivity index (χ0n) is 7.33. The highest BCUT2D eigenvalue weighted by molar-refractivity contribution is 5.71. The monoisotopic (exact) mass is 160 g/mol. The lowest BCUT2D eigenvalue weighted by atomic mass is 10.2. The summed E-state index contributed by atoms with van der Waals surface area (Å²) >= 11 is 0. The van der Waals surface area contributed by atoms with Gasteiger partial charge in [-0.25, -0.2) is 0 Å². The number of ether oxygens (including phenoxy) is 1. The number of carbonyl (C=O) groups is 1. The number of carbonyl (C=O) groups excluding carboxylic acids is 1. The smallest absolute Gasteiger partial charge is 0.310 e. The van der Waals surface area contributed by atoms with Crippen molar-refractivity contribution in [2.75, 3.05) is 0 Å². The Morgan fingerprint density at radius 3 is 2.45 bits per heavy atom. The van der Waals surface area contributed by atoms with Gasteiger partial charge < -0.3 is 9.84 Å². The molecule has 0 aromatic rings. The van der Waals surface area contributed by atoms with Crippen molar-refractivity contribution in [3.8, 4) is 0 Å². The fraction of sp³-hybridized carbons (Fsp3) is 0.875. The molecule has 0 amide bonds. The van der Waals surface area contributed by atoms with Gasteiger partial charge in [-0.2, -0.15) is 0 Å². The second-order valence-electron chi connectivity index (χ2n) is 2.83. The Bertz CT molecular complexity index is 121. The molecular formula is C8H16O3. The highest BCUT2D eigenvalue weighted by Gasteiger charge is 2.12. The molecule has 0 spiro atoms. The first-order valence-corrected chi connectivity index (χ1v) is 3.96. The lowest BCUT2D eigenvalue weighted by molar-refractivity contribution is -0.172. The molecule has 0 aromatic heterocycles. The SMILES string of the molecule is CCCC(O)OC(=O)C(C)C. The minimum Gasteiger partial charge on any atom is -0.436 e. The van der Waals surface area contributed by atoms with Gasteiger partial charge in [0.2, 0.25) is 6.29 Å². The van der Waals surface area contributed by atoms with Crippen molar-refractivity contribution < 1.29 is 14.6 Å². The number of aliphatic hydroxyl groups is 1. The van der Waals surface area contributed by atoms with Crippen LogP contribution < -0.4 is 0 Å². The van der Waals surface area contributed by atoms with Gasteiger partial charge in [-0.15, -0.1) is 0 Å². The number of rotatable bonds is 4. The van der Waals surface area contributed by atoms with E-state index >= 15 is 0 Å². The predicted octanol–water partition coefficient (Wildman–Crippen LogP) is 1.30. The summed E-state index contributed by atoms with van der Waals surface area (Å²) in [5, 5.41) is 9.03. The Hall–Kier alpha value is -0.570. The van der Waals surface area contributed by atoms with Crippen molar-refractivity contribution in [3.63, 3.8) is 0 Å². The largest absolute Gasteiger partial charge is 0.436 e. The molecule has 0 aromatic carbocycles. The van der Waals surface area contributed by atoms with Gasteiger partial charge in [-0.05, 0) is 0 Å². The molecule has 0 bridgehead atoms. The Kier molecular flexibility index (Phi) is 4.86. The third kappa shape index (κ3) is 4.79. The molecule has 0 heterocycles. The fourth-order valence-electron chi connectivity index (χ4n) is 0.576. The van der Waals surface area contributed by atoms with Crippen LogP contribution in [0.5, 0.6) is 0 Å². The zero-order valence-corrected chi connectivity index (χ0v) is 7.33. The average molecular weight is 160 g/mol. The van der Waals surface area contributed by atoms with Crippen LogP contribution in [0.1, 0.15) is 33.6 Å². The van der Waals surface area contributed by atoms with Crippen molar-refractivity contribution in [1.29, 1.82) is 0 Å². The van der Waals surface area contributed by atoms with E-state index in [2.05, 4.69) is 4.74 Å². The molecule has 0 rings (SSSR count). The van der Waals surface area contributed by atoms with E-state index in [0.717, 1.165) is 6.42 Å². The van der Waals surface area contributed by atoms with Crippen LogP contribution in [0, 0.1) is 5.92 Å². The molecule has 1 unspecified atom stereocenters. The Balaban J connectivity index is 3.57. The van der Waals surface area contributed by atoms with Crippen LogP contribution in [0.2, 0.25) is 0 Å². The van der Waals surface area contributed by atoms with Crippen LogP contribution in [0.25, 0.3) is 0 Å². The van der Waals surface area contributed by atoms with Crippen LogP contribution in [-0.2, 0) is 9.53 Å². The highest BCUT2D eigenvalue weighted by atomic mass is 16.6. The van der Waals surface area contributed by atoms with E-state index in [4.69, 9.17) is 5.11 Å². The van der Waals surface area contributed by atoms with E-state index in [1.165, 1.54) is 0 Å². The summed E-state index contributed by atoms with van der Waals surface area (Å²) in [5.41, 5.74) is 0. The molecule has 0 radical (unpaired) electrons. The third-order valence-corrected chi connectivity index (χ3v) is 1.26. The molecule has 66 valence electrons. The van der Waals surface area contributed by atoms with Gasteiger partial charge in [-0.1, -0.05) is 27.2 Å². The van der Waals surface area contributed by atoms with Gasteiger partial charge >= 0.3 is 5.97 Å². The number of aliphatic hydroxyl groups excluding tert-OH is 1. The maximum absolute atomic E-state index is 10.8. The van der Waals surface area contributed by atoms with Gasteiger partial charge in [0.1, 0.15) is 0 Å². The predicted molar refractivity (Wildman–Crippen MR) is 41.8 cm³/mol. The quantitative estimate of drug-likeness (QED) is 0.498. The molecule has 3 heteroatoms. The Morgan fingerprint density at radius 1 is 1.55 bits per heavy atom. The first kappa shape index (κ1) is 10.4. The molecule has 0 aliphatic rings. The molecule has 0 fully saturated rings. The van der Waals surface area contributed by atoms with E-state index in [9.17, 15) is 4.79 Å². The van der Waals surface area contributed by atoms with Gasteiger partial charge in [0.05, 0.1) is 5.92 Å². The lowest BCUT2D eigenvalue weighted by Crippen LogP contribution is -2.20. The summed E-state index contributed by atoms with van der Waals surface area (Å²) in [4.78, 5) is 10.8. The normalized spacial score (nSPS) is 13.2. The second kappa shape index (κ2) is 5.13. The Labute approximate surface area is 67.4 Å². The maximum atomic E-state index is 10.8. The van der Waals surface area contributed by atoms with Gasteiger partial charge in [0.15, 0.2) is 0 Å². The van der Waals surface area contributed by atoms with Gasteiger partial charge in [0, 0.05) is 6.42 Å². The summed E-state index contributed by atoms with van der Waals surface area (Å²) in [5.74, 6) is -0.507. The minimum atomic E-state index is -0.921. The fourth-order valence-corrected chi connectivity index (χ4v) is 0.576. The number of hydrogen-bond donors (Lipinski definition) is 1. The standard InChI is InChI=1S/C8H16O3/c1-4-5-7(9)11-8(10)6(2)3/h6-7,9H,4-5H2,1-3H3. The van der Waals surface area contributed by atoms with E-state index in [-0.39, 0.29) is 11.9 Å². The molecule has 0 aliphatic carbocycles. The van der Waals surface area contributed by atoms with Crippen LogP contribution in [0.4, 0.5) is 0 Å². The van der Waals surface area contributed by atoms with Crippen molar-refractivity contribution in [2.24, 2.45) is 5.92 Å². The summed E-state index contributed by atoms with van der Waals surface area (Å²) in [7, 11) is 0.